The van der Waals surface area contributed by atoms with E-state index in [1.165, 1.54) is 4.88 Å². The smallest absolute Gasteiger partial charge is 0.257 e. The summed E-state index contributed by atoms with van der Waals surface area (Å²) in [5.41, 5.74) is 3.68. The van der Waals surface area contributed by atoms with Crippen molar-refractivity contribution < 1.29 is 4.79 Å². The van der Waals surface area contributed by atoms with Crippen molar-refractivity contribution >= 4 is 22.4 Å². The number of carbonyl (C=O) groups is 1. The molecule has 116 valence electrons. The number of nitrogens with zero attached hydrogens (tertiary/aromatic N) is 1. The van der Waals surface area contributed by atoms with Crippen molar-refractivity contribution in [3.63, 3.8) is 0 Å². The van der Waals surface area contributed by atoms with E-state index >= 15 is 0 Å². The van der Waals surface area contributed by atoms with E-state index in [0.29, 0.717) is 10.7 Å². The van der Waals surface area contributed by atoms with Crippen molar-refractivity contribution in [2.75, 3.05) is 5.32 Å². The Morgan fingerprint density at radius 1 is 1.09 bits per heavy atom. The molecule has 0 aliphatic carbocycles. The summed E-state index contributed by atoms with van der Waals surface area (Å²) in [6, 6.07) is 17.6. The van der Waals surface area contributed by atoms with Gasteiger partial charge in [0.1, 0.15) is 0 Å². The summed E-state index contributed by atoms with van der Waals surface area (Å²) in [6.45, 7) is 4.04. The zero-order valence-electron chi connectivity index (χ0n) is 13.2. The third kappa shape index (κ3) is 3.32. The first kappa shape index (κ1) is 15.4. The number of nitrogens with one attached hydrogen (secondary N) is 1. The Morgan fingerprint density at radius 2 is 1.78 bits per heavy atom. The molecule has 0 aliphatic heterocycles. The maximum atomic E-state index is 12.4. The van der Waals surface area contributed by atoms with Crippen molar-refractivity contribution in [3.05, 3.63) is 70.6 Å². The van der Waals surface area contributed by atoms with Crippen LogP contribution in [-0.2, 0) is 6.42 Å². The Bertz CT molecular complexity index is 824. The molecule has 2 aromatic carbocycles. The third-order valence-electron chi connectivity index (χ3n) is 3.68. The van der Waals surface area contributed by atoms with Crippen molar-refractivity contribution in [2.45, 2.75) is 20.3 Å². The Balaban J connectivity index is 1.89. The Morgan fingerprint density at radius 3 is 2.48 bits per heavy atom. The van der Waals surface area contributed by atoms with Crippen LogP contribution in [0.2, 0.25) is 0 Å². The van der Waals surface area contributed by atoms with E-state index in [9.17, 15) is 4.79 Å². The maximum Gasteiger partial charge on any atom is 0.257 e. The molecule has 0 bridgehead atoms. The standard InChI is InChI=1S/C19H18N2OS/c1-3-16-17(14-10-5-4-6-11-14)20-19(23-16)21-18(22)15-12-8-7-9-13(15)2/h4-12H,3H2,1-2H3,(H,20,21,22). The zero-order valence-corrected chi connectivity index (χ0v) is 14.0. The van der Waals surface area contributed by atoms with E-state index in [-0.39, 0.29) is 5.91 Å². The molecule has 4 heteroatoms. The van der Waals surface area contributed by atoms with Gasteiger partial charge in [-0.05, 0) is 25.0 Å². The lowest BCUT2D eigenvalue weighted by Crippen LogP contribution is -2.12. The minimum Gasteiger partial charge on any atom is -0.298 e. The average Bonchev–Trinajstić information content (AvgIpc) is 2.99. The molecule has 23 heavy (non-hydrogen) atoms. The minimum absolute atomic E-state index is 0.112. The monoisotopic (exact) mass is 322 g/mol. The number of anilines is 1. The minimum atomic E-state index is -0.112. The van der Waals surface area contributed by atoms with Crippen LogP contribution in [0.1, 0.15) is 27.7 Å². The van der Waals surface area contributed by atoms with Crippen LogP contribution in [0.15, 0.2) is 54.6 Å². The van der Waals surface area contributed by atoms with E-state index in [2.05, 4.69) is 17.2 Å². The van der Waals surface area contributed by atoms with Crippen LogP contribution in [0, 0.1) is 6.92 Å². The highest BCUT2D eigenvalue weighted by Crippen LogP contribution is 2.31. The molecule has 1 aromatic heterocycles. The fraction of sp³-hybridized carbons (Fsp3) is 0.158. The number of aryl methyl sites for hydroxylation is 2. The van der Waals surface area contributed by atoms with E-state index in [0.717, 1.165) is 23.2 Å². The summed E-state index contributed by atoms with van der Waals surface area (Å²) in [5.74, 6) is -0.112. The molecule has 0 unspecified atom stereocenters. The van der Waals surface area contributed by atoms with Gasteiger partial charge in [-0.25, -0.2) is 4.98 Å². The molecule has 0 radical (unpaired) electrons. The molecule has 0 fully saturated rings. The molecule has 1 heterocycles. The van der Waals surface area contributed by atoms with E-state index in [1.54, 1.807) is 11.3 Å². The molecule has 1 amide bonds. The van der Waals surface area contributed by atoms with Gasteiger partial charge in [0, 0.05) is 16.0 Å². The van der Waals surface area contributed by atoms with Crippen molar-refractivity contribution in [1.82, 2.24) is 4.98 Å². The van der Waals surface area contributed by atoms with Crippen LogP contribution in [-0.4, -0.2) is 10.9 Å². The highest BCUT2D eigenvalue weighted by atomic mass is 32.1. The largest absolute Gasteiger partial charge is 0.298 e. The zero-order chi connectivity index (χ0) is 16.2. The van der Waals surface area contributed by atoms with Crippen LogP contribution < -0.4 is 5.32 Å². The Hall–Kier alpha value is -2.46. The number of thiazole rings is 1. The maximum absolute atomic E-state index is 12.4. The molecule has 0 saturated carbocycles. The van der Waals surface area contributed by atoms with E-state index < -0.39 is 0 Å². The van der Waals surface area contributed by atoms with Crippen molar-refractivity contribution in [1.29, 1.82) is 0 Å². The van der Waals surface area contributed by atoms with Crippen LogP contribution in [0.25, 0.3) is 11.3 Å². The van der Waals surface area contributed by atoms with Crippen LogP contribution in [0.4, 0.5) is 5.13 Å². The van der Waals surface area contributed by atoms with Gasteiger partial charge in [0.15, 0.2) is 5.13 Å². The van der Waals surface area contributed by atoms with Gasteiger partial charge in [0.05, 0.1) is 5.69 Å². The number of hydrogen-bond donors (Lipinski definition) is 1. The van der Waals surface area contributed by atoms with Gasteiger partial charge in [0.2, 0.25) is 0 Å². The summed E-state index contributed by atoms with van der Waals surface area (Å²) in [6.07, 6.45) is 0.891. The highest BCUT2D eigenvalue weighted by Gasteiger charge is 2.15. The number of rotatable bonds is 4. The number of amides is 1. The van der Waals surface area contributed by atoms with Gasteiger partial charge in [0.25, 0.3) is 5.91 Å². The fourth-order valence-electron chi connectivity index (χ4n) is 2.46. The van der Waals surface area contributed by atoms with Gasteiger partial charge < -0.3 is 0 Å². The molecule has 3 nitrogen and oxygen atoms in total. The van der Waals surface area contributed by atoms with Crippen LogP contribution in [0.3, 0.4) is 0 Å². The van der Waals surface area contributed by atoms with Gasteiger partial charge in [-0.2, -0.15) is 0 Å². The first-order chi connectivity index (χ1) is 11.2. The molecule has 1 N–H and O–H groups in total. The molecule has 0 saturated heterocycles. The van der Waals surface area contributed by atoms with Gasteiger partial charge in [-0.1, -0.05) is 55.5 Å². The second-order valence-electron chi connectivity index (χ2n) is 5.28. The van der Waals surface area contributed by atoms with Crippen molar-refractivity contribution in [3.8, 4) is 11.3 Å². The number of aromatic nitrogens is 1. The summed E-state index contributed by atoms with van der Waals surface area (Å²) in [7, 11) is 0. The first-order valence-corrected chi connectivity index (χ1v) is 8.42. The van der Waals surface area contributed by atoms with Gasteiger partial charge in [-0.3, -0.25) is 10.1 Å². The molecule has 3 aromatic rings. The summed E-state index contributed by atoms with van der Waals surface area (Å²) < 4.78 is 0. The second kappa shape index (κ2) is 6.75. The molecule has 3 rings (SSSR count). The molecular formula is C19H18N2OS. The quantitative estimate of drug-likeness (QED) is 0.739. The number of carbonyl (C=O) groups excluding carboxylic acids is 1. The SMILES string of the molecule is CCc1sc(NC(=O)c2ccccc2C)nc1-c1ccccc1. The first-order valence-electron chi connectivity index (χ1n) is 7.61. The summed E-state index contributed by atoms with van der Waals surface area (Å²) >= 11 is 1.54. The lowest BCUT2D eigenvalue weighted by atomic mass is 10.1. The predicted molar refractivity (Wildman–Crippen MR) is 96.1 cm³/mol. The van der Waals surface area contributed by atoms with Gasteiger partial charge in [-0.15, -0.1) is 11.3 Å². The van der Waals surface area contributed by atoms with Crippen molar-refractivity contribution in [2.24, 2.45) is 0 Å². The van der Waals surface area contributed by atoms with E-state index in [4.69, 9.17) is 0 Å². The number of benzene rings is 2. The molecule has 0 atom stereocenters. The normalized spacial score (nSPS) is 10.5. The fourth-order valence-corrected chi connectivity index (χ4v) is 3.38. The molecule has 0 aliphatic rings. The lowest BCUT2D eigenvalue weighted by molar-refractivity contribution is 0.102. The summed E-state index contributed by atoms with van der Waals surface area (Å²) in [5, 5.41) is 3.58. The van der Waals surface area contributed by atoms with Crippen LogP contribution in [0.5, 0.6) is 0 Å². The van der Waals surface area contributed by atoms with Gasteiger partial charge >= 0.3 is 0 Å². The highest BCUT2D eigenvalue weighted by molar-refractivity contribution is 7.16. The topological polar surface area (TPSA) is 42.0 Å². The molecule has 0 spiro atoms. The Labute approximate surface area is 140 Å². The second-order valence-corrected chi connectivity index (χ2v) is 6.36. The summed E-state index contributed by atoms with van der Waals surface area (Å²) in [4.78, 5) is 18.2. The average molecular weight is 322 g/mol. The third-order valence-corrected chi connectivity index (χ3v) is 4.79. The van der Waals surface area contributed by atoms with E-state index in [1.807, 2.05) is 61.5 Å². The lowest BCUT2D eigenvalue weighted by Gasteiger charge is -2.04. The molecular weight excluding hydrogens is 304 g/mol. The predicted octanol–water partition coefficient (Wildman–Crippen LogP) is 4.93. The van der Waals surface area contributed by atoms with Crippen LogP contribution >= 0.6 is 11.3 Å². The Kier molecular flexibility index (Phi) is 4.53. The number of hydrogen-bond acceptors (Lipinski definition) is 3.